The van der Waals surface area contributed by atoms with Gasteiger partial charge in [0.2, 0.25) is 0 Å². The van der Waals surface area contributed by atoms with Gasteiger partial charge >= 0.3 is 0 Å². The summed E-state index contributed by atoms with van der Waals surface area (Å²) in [6.45, 7) is 2.07. The fourth-order valence-corrected chi connectivity index (χ4v) is 1.57. The van der Waals surface area contributed by atoms with Crippen molar-refractivity contribution >= 4 is 11.8 Å². The fourth-order valence-electron chi connectivity index (χ4n) is 1.57. The highest BCUT2D eigenvalue weighted by Gasteiger charge is 2.01. The Morgan fingerprint density at radius 3 is 3.07 bits per heavy atom. The summed E-state index contributed by atoms with van der Waals surface area (Å²) < 4.78 is 2.04. The number of aldehydes is 1. The number of aryl methyl sites for hydroxylation is 1. The van der Waals surface area contributed by atoms with Crippen LogP contribution in [0.4, 0.5) is 0 Å². The molecule has 0 saturated heterocycles. The van der Waals surface area contributed by atoms with Crippen molar-refractivity contribution in [3.8, 4) is 0 Å². The Kier molecular flexibility index (Phi) is 2.31. The third-order valence-corrected chi connectivity index (χ3v) is 2.30. The summed E-state index contributed by atoms with van der Waals surface area (Å²) in [5.41, 5.74) is 2.11. The predicted octanol–water partition coefficient (Wildman–Crippen LogP) is 1.64. The van der Waals surface area contributed by atoms with Gasteiger partial charge in [-0.2, -0.15) is 0 Å². The number of nitrogens with zero attached hydrogens (tertiary/aromatic N) is 2. The largest absolute Gasteiger partial charge is 0.303 e. The first-order valence-corrected chi connectivity index (χ1v) is 4.73. The van der Waals surface area contributed by atoms with Gasteiger partial charge in [-0.25, -0.2) is 4.98 Å². The number of carbonyl (C=O) groups excluding carboxylic acids is 1. The van der Waals surface area contributed by atoms with Crippen LogP contribution in [-0.4, -0.2) is 15.7 Å². The van der Waals surface area contributed by atoms with Crippen molar-refractivity contribution in [2.45, 2.75) is 19.8 Å². The third kappa shape index (κ3) is 1.41. The fraction of sp³-hybridized carbons (Fsp3) is 0.273. The smallest absolute Gasteiger partial charge is 0.124 e. The molecule has 3 heteroatoms. The van der Waals surface area contributed by atoms with E-state index >= 15 is 0 Å². The summed E-state index contributed by atoms with van der Waals surface area (Å²) in [5.74, 6) is 1.03. The van der Waals surface area contributed by atoms with Crippen LogP contribution in [0, 0.1) is 0 Å². The standard InChI is InChI=1S/C11H12N2O/c1-2-11-12-7-10-4-3-9(5-6-14)8-13(10)11/h3-4,6-8H,2,5H2,1H3. The van der Waals surface area contributed by atoms with E-state index in [4.69, 9.17) is 0 Å². The number of rotatable bonds is 3. The SMILES string of the molecule is CCc1ncc2ccc(CC=O)cn12. The lowest BCUT2D eigenvalue weighted by atomic mass is 10.2. The first-order valence-electron chi connectivity index (χ1n) is 4.73. The molecule has 0 unspecified atom stereocenters. The van der Waals surface area contributed by atoms with Gasteiger partial charge in [0.25, 0.3) is 0 Å². The van der Waals surface area contributed by atoms with Gasteiger partial charge in [-0.05, 0) is 11.6 Å². The highest BCUT2D eigenvalue weighted by molar-refractivity contribution is 5.56. The topological polar surface area (TPSA) is 34.4 Å². The lowest BCUT2D eigenvalue weighted by molar-refractivity contribution is -0.107. The van der Waals surface area contributed by atoms with Gasteiger partial charge in [-0.3, -0.25) is 0 Å². The Bertz CT molecular complexity index is 459. The number of imidazole rings is 1. The molecule has 2 heterocycles. The summed E-state index contributed by atoms with van der Waals surface area (Å²) >= 11 is 0. The molecular formula is C11H12N2O. The highest BCUT2D eigenvalue weighted by atomic mass is 16.1. The molecule has 0 aromatic carbocycles. The van der Waals surface area contributed by atoms with Crippen molar-refractivity contribution in [1.29, 1.82) is 0 Å². The zero-order valence-electron chi connectivity index (χ0n) is 8.10. The zero-order valence-corrected chi connectivity index (χ0v) is 8.10. The summed E-state index contributed by atoms with van der Waals surface area (Å²) in [5, 5.41) is 0. The molecule has 0 radical (unpaired) electrons. The van der Waals surface area contributed by atoms with Gasteiger partial charge in [0, 0.05) is 19.0 Å². The predicted molar refractivity (Wildman–Crippen MR) is 54.3 cm³/mol. The van der Waals surface area contributed by atoms with E-state index in [1.807, 2.05) is 28.9 Å². The lowest BCUT2D eigenvalue weighted by Crippen LogP contribution is -1.95. The summed E-state index contributed by atoms with van der Waals surface area (Å²) in [6.07, 6.45) is 6.12. The molecule has 2 aromatic heterocycles. The van der Waals surface area contributed by atoms with Crippen LogP contribution in [0.25, 0.3) is 5.52 Å². The maximum Gasteiger partial charge on any atom is 0.124 e. The molecule has 0 aliphatic carbocycles. The van der Waals surface area contributed by atoms with E-state index in [9.17, 15) is 4.79 Å². The molecule has 0 bridgehead atoms. The van der Waals surface area contributed by atoms with E-state index in [2.05, 4.69) is 11.9 Å². The number of hydrogen-bond acceptors (Lipinski definition) is 2. The Morgan fingerprint density at radius 1 is 1.50 bits per heavy atom. The van der Waals surface area contributed by atoms with Gasteiger partial charge < -0.3 is 9.20 Å². The van der Waals surface area contributed by atoms with Crippen LogP contribution in [0.1, 0.15) is 18.3 Å². The molecule has 14 heavy (non-hydrogen) atoms. The van der Waals surface area contributed by atoms with E-state index in [-0.39, 0.29) is 0 Å². The van der Waals surface area contributed by atoms with Gasteiger partial charge in [0.15, 0.2) is 0 Å². The van der Waals surface area contributed by atoms with Gasteiger partial charge in [0.1, 0.15) is 12.1 Å². The molecule has 0 aliphatic heterocycles. The van der Waals surface area contributed by atoms with Crippen molar-refractivity contribution in [1.82, 2.24) is 9.38 Å². The van der Waals surface area contributed by atoms with E-state index in [1.165, 1.54) is 0 Å². The number of pyridine rings is 1. The van der Waals surface area contributed by atoms with Crippen LogP contribution >= 0.6 is 0 Å². The number of fused-ring (bicyclic) bond motifs is 1. The van der Waals surface area contributed by atoms with Crippen LogP contribution in [0.5, 0.6) is 0 Å². The van der Waals surface area contributed by atoms with E-state index < -0.39 is 0 Å². The zero-order chi connectivity index (χ0) is 9.97. The van der Waals surface area contributed by atoms with E-state index in [0.717, 1.165) is 29.6 Å². The Hall–Kier alpha value is -1.64. The molecule has 0 atom stereocenters. The average molecular weight is 188 g/mol. The highest BCUT2D eigenvalue weighted by Crippen LogP contribution is 2.09. The summed E-state index contributed by atoms with van der Waals surface area (Å²) in [4.78, 5) is 14.7. The molecule has 0 spiro atoms. The minimum atomic E-state index is 0.470. The molecule has 72 valence electrons. The second-order valence-electron chi connectivity index (χ2n) is 3.23. The monoisotopic (exact) mass is 188 g/mol. The van der Waals surface area contributed by atoms with Crippen LogP contribution in [0.15, 0.2) is 24.5 Å². The van der Waals surface area contributed by atoms with Crippen LogP contribution < -0.4 is 0 Å². The molecule has 3 nitrogen and oxygen atoms in total. The quantitative estimate of drug-likeness (QED) is 0.686. The van der Waals surface area contributed by atoms with Gasteiger partial charge in [-0.15, -0.1) is 0 Å². The van der Waals surface area contributed by atoms with Gasteiger partial charge in [0.05, 0.1) is 11.7 Å². The second kappa shape index (κ2) is 3.62. The summed E-state index contributed by atoms with van der Waals surface area (Å²) in [7, 11) is 0. The Labute approximate surface area is 82.4 Å². The van der Waals surface area contributed by atoms with Crippen molar-refractivity contribution in [2.24, 2.45) is 0 Å². The van der Waals surface area contributed by atoms with Gasteiger partial charge in [-0.1, -0.05) is 13.0 Å². The van der Waals surface area contributed by atoms with Crippen molar-refractivity contribution in [3.63, 3.8) is 0 Å². The molecule has 0 amide bonds. The van der Waals surface area contributed by atoms with E-state index in [0.29, 0.717) is 6.42 Å². The normalized spacial score (nSPS) is 10.6. The van der Waals surface area contributed by atoms with Crippen LogP contribution in [0.2, 0.25) is 0 Å². The molecule has 0 aliphatic rings. The first-order chi connectivity index (χ1) is 6.85. The molecule has 0 fully saturated rings. The molecule has 0 saturated carbocycles. The third-order valence-electron chi connectivity index (χ3n) is 2.30. The molecule has 2 aromatic rings. The minimum Gasteiger partial charge on any atom is -0.303 e. The first kappa shape index (κ1) is 8.94. The number of aromatic nitrogens is 2. The van der Waals surface area contributed by atoms with Crippen molar-refractivity contribution in [3.05, 3.63) is 35.9 Å². The van der Waals surface area contributed by atoms with Crippen molar-refractivity contribution in [2.75, 3.05) is 0 Å². The van der Waals surface area contributed by atoms with Crippen LogP contribution in [0.3, 0.4) is 0 Å². The molecular weight excluding hydrogens is 176 g/mol. The maximum atomic E-state index is 10.4. The summed E-state index contributed by atoms with van der Waals surface area (Å²) in [6, 6.07) is 3.95. The minimum absolute atomic E-state index is 0.470. The molecule has 0 N–H and O–H groups in total. The number of hydrogen-bond donors (Lipinski definition) is 0. The van der Waals surface area contributed by atoms with Crippen LogP contribution in [-0.2, 0) is 17.6 Å². The Balaban J connectivity index is 2.55. The lowest BCUT2D eigenvalue weighted by Gasteiger charge is -2.00. The van der Waals surface area contributed by atoms with E-state index in [1.54, 1.807) is 0 Å². The Morgan fingerprint density at radius 2 is 2.36 bits per heavy atom. The number of carbonyl (C=O) groups is 1. The second-order valence-corrected chi connectivity index (χ2v) is 3.23. The maximum absolute atomic E-state index is 10.4. The van der Waals surface area contributed by atoms with Crippen molar-refractivity contribution < 1.29 is 4.79 Å². The molecule has 2 rings (SSSR count). The average Bonchev–Trinajstić information content (AvgIpc) is 2.60.